The summed E-state index contributed by atoms with van der Waals surface area (Å²) >= 11 is 0. The van der Waals surface area contributed by atoms with E-state index < -0.39 is 0 Å². The van der Waals surface area contributed by atoms with Gasteiger partial charge in [-0.15, -0.1) is 0 Å². The number of carbonyl (C=O) groups is 1. The van der Waals surface area contributed by atoms with E-state index in [9.17, 15) is 4.79 Å². The third-order valence-electron chi connectivity index (χ3n) is 3.05. The van der Waals surface area contributed by atoms with Crippen molar-refractivity contribution in [2.75, 3.05) is 19.6 Å². The lowest BCUT2D eigenvalue weighted by atomic mass is 9.99. The maximum absolute atomic E-state index is 11.8. The molecule has 1 fully saturated rings. The molecule has 0 aromatic heterocycles. The summed E-state index contributed by atoms with van der Waals surface area (Å²) < 4.78 is 0. The summed E-state index contributed by atoms with van der Waals surface area (Å²) in [5.41, 5.74) is 0.0874. The van der Waals surface area contributed by atoms with E-state index in [0.29, 0.717) is 6.54 Å². The van der Waals surface area contributed by atoms with Crippen LogP contribution < -0.4 is 5.32 Å². The molecular weight excluding hydrogens is 188 g/mol. The Hall–Kier alpha value is -0.570. The van der Waals surface area contributed by atoms with Gasteiger partial charge in [-0.3, -0.25) is 4.79 Å². The lowest BCUT2D eigenvalue weighted by molar-refractivity contribution is -0.129. The molecule has 0 unspecified atom stereocenters. The lowest BCUT2D eigenvalue weighted by Crippen LogP contribution is -2.45. The third kappa shape index (κ3) is 4.20. The van der Waals surface area contributed by atoms with Crippen molar-refractivity contribution in [3.8, 4) is 0 Å². The van der Waals surface area contributed by atoms with Crippen LogP contribution in [0.25, 0.3) is 0 Å². The number of rotatable bonds is 5. The van der Waals surface area contributed by atoms with Crippen molar-refractivity contribution >= 4 is 5.91 Å². The number of likely N-dealkylation sites (tertiary alicyclic amines) is 1. The monoisotopic (exact) mass is 212 g/mol. The minimum atomic E-state index is 0.0874. The molecule has 0 saturated carbocycles. The van der Waals surface area contributed by atoms with Crippen molar-refractivity contribution < 1.29 is 4.79 Å². The van der Waals surface area contributed by atoms with E-state index in [0.717, 1.165) is 25.9 Å². The van der Waals surface area contributed by atoms with Gasteiger partial charge < -0.3 is 10.2 Å². The van der Waals surface area contributed by atoms with Crippen molar-refractivity contribution in [2.24, 2.45) is 0 Å². The van der Waals surface area contributed by atoms with Crippen LogP contribution in [0.1, 0.15) is 46.5 Å². The third-order valence-corrected chi connectivity index (χ3v) is 3.05. The Balaban J connectivity index is 2.26. The fraction of sp³-hybridized carbons (Fsp3) is 0.917. The highest BCUT2D eigenvalue weighted by molar-refractivity contribution is 5.78. The first-order valence-electron chi connectivity index (χ1n) is 6.08. The van der Waals surface area contributed by atoms with Crippen LogP contribution in [0.15, 0.2) is 0 Å². The molecule has 3 heteroatoms. The van der Waals surface area contributed by atoms with Crippen molar-refractivity contribution in [2.45, 2.75) is 52.0 Å². The maximum Gasteiger partial charge on any atom is 0.236 e. The molecule has 1 aliphatic heterocycles. The van der Waals surface area contributed by atoms with Crippen LogP contribution in [0, 0.1) is 0 Å². The molecule has 0 spiro atoms. The second-order valence-corrected chi connectivity index (χ2v) is 5.08. The van der Waals surface area contributed by atoms with Gasteiger partial charge in [0, 0.05) is 18.6 Å². The highest BCUT2D eigenvalue weighted by Crippen LogP contribution is 2.11. The van der Waals surface area contributed by atoms with Gasteiger partial charge in [-0.05, 0) is 33.1 Å². The average molecular weight is 212 g/mol. The fourth-order valence-electron chi connectivity index (χ4n) is 2.11. The molecule has 0 radical (unpaired) electrons. The number of amides is 1. The second-order valence-electron chi connectivity index (χ2n) is 5.08. The molecule has 1 amide bonds. The van der Waals surface area contributed by atoms with Crippen molar-refractivity contribution in [3.05, 3.63) is 0 Å². The van der Waals surface area contributed by atoms with Crippen molar-refractivity contribution in [1.82, 2.24) is 10.2 Å². The zero-order valence-electron chi connectivity index (χ0n) is 10.3. The second kappa shape index (κ2) is 5.50. The summed E-state index contributed by atoms with van der Waals surface area (Å²) in [6, 6.07) is 0. The highest BCUT2D eigenvalue weighted by atomic mass is 16.2. The molecule has 0 aromatic carbocycles. The number of nitrogens with zero attached hydrogens (tertiary/aromatic N) is 1. The lowest BCUT2D eigenvalue weighted by Gasteiger charge is -2.27. The van der Waals surface area contributed by atoms with Crippen molar-refractivity contribution in [1.29, 1.82) is 0 Å². The minimum absolute atomic E-state index is 0.0874. The normalized spacial score (nSPS) is 17.1. The summed E-state index contributed by atoms with van der Waals surface area (Å²) in [5, 5.41) is 3.35. The van der Waals surface area contributed by atoms with E-state index in [1.807, 2.05) is 4.90 Å². The van der Waals surface area contributed by atoms with Gasteiger partial charge in [0.2, 0.25) is 5.91 Å². The summed E-state index contributed by atoms with van der Waals surface area (Å²) in [5.74, 6) is 0.261. The van der Waals surface area contributed by atoms with Crippen LogP contribution in [0.5, 0.6) is 0 Å². The van der Waals surface area contributed by atoms with Crippen LogP contribution in [-0.2, 0) is 4.79 Å². The molecule has 3 nitrogen and oxygen atoms in total. The van der Waals surface area contributed by atoms with E-state index in [4.69, 9.17) is 0 Å². The van der Waals surface area contributed by atoms with Gasteiger partial charge in [-0.2, -0.15) is 0 Å². The van der Waals surface area contributed by atoms with Gasteiger partial charge in [0.1, 0.15) is 0 Å². The van der Waals surface area contributed by atoms with Gasteiger partial charge in [-0.1, -0.05) is 13.3 Å². The van der Waals surface area contributed by atoms with E-state index >= 15 is 0 Å². The molecule has 0 bridgehead atoms. The zero-order chi connectivity index (χ0) is 11.3. The van der Waals surface area contributed by atoms with E-state index in [2.05, 4.69) is 26.1 Å². The average Bonchev–Trinajstić information content (AvgIpc) is 2.67. The Morgan fingerprint density at radius 2 is 1.93 bits per heavy atom. The summed E-state index contributed by atoms with van der Waals surface area (Å²) in [4.78, 5) is 13.7. The molecule has 1 saturated heterocycles. The van der Waals surface area contributed by atoms with E-state index in [-0.39, 0.29) is 11.4 Å². The Morgan fingerprint density at radius 3 is 2.47 bits per heavy atom. The van der Waals surface area contributed by atoms with Crippen LogP contribution >= 0.6 is 0 Å². The fourth-order valence-corrected chi connectivity index (χ4v) is 2.11. The summed E-state index contributed by atoms with van der Waals surface area (Å²) in [7, 11) is 0. The van der Waals surface area contributed by atoms with Gasteiger partial charge >= 0.3 is 0 Å². The summed E-state index contributed by atoms with van der Waals surface area (Å²) in [6.45, 7) is 8.89. The number of hydrogen-bond acceptors (Lipinski definition) is 2. The first kappa shape index (κ1) is 12.5. The van der Waals surface area contributed by atoms with Gasteiger partial charge in [0.05, 0.1) is 6.54 Å². The van der Waals surface area contributed by atoms with Gasteiger partial charge in [0.15, 0.2) is 0 Å². The Morgan fingerprint density at radius 1 is 1.33 bits per heavy atom. The number of hydrogen-bond donors (Lipinski definition) is 1. The number of nitrogens with one attached hydrogen (secondary N) is 1. The first-order chi connectivity index (χ1) is 7.05. The predicted octanol–water partition coefficient (Wildman–Crippen LogP) is 1.78. The molecule has 1 N–H and O–H groups in total. The molecule has 1 aliphatic rings. The Labute approximate surface area is 93.2 Å². The molecule has 88 valence electrons. The van der Waals surface area contributed by atoms with E-state index in [1.165, 1.54) is 12.8 Å². The van der Waals surface area contributed by atoms with Crippen LogP contribution in [0.3, 0.4) is 0 Å². The largest absolute Gasteiger partial charge is 0.342 e. The molecule has 1 heterocycles. The molecule has 0 aliphatic carbocycles. The topological polar surface area (TPSA) is 32.3 Å². The van der Waals surface area contributed by atoms with Crippen LogP contribution in [0.2, 0.25) is 0 Å². The molecule has 1 rings (SSSR count). The minimum Gasteiger partial charge on any atom is -0.342 e. The SMILES string of the molecule is CCCC(C)(C)NCC(=O)N1CCCC1. The standard InChI is InChI=1S/C12H24N2O/c1-4-7-12(2,3)13-10-11(15)14-8-5-6-9-14/h13H,4-10H2,1-3H3. The van der Waals surface area contributed by atoms with Gasteiger partial charge in [0.25, 0.3) is 0 Å². The Kier molecular flexibility index (Phi) is 4.58. The van der Waals surface area contributed by atoms with Gasteiger partial charge in [-0.25, -0.2) is 0 Å². The number of carbonyl (C=O) groups excluding carboxylic acids is 1. The molecular formula is C12H24N2O. The summed E-state index contributed by atoms with van der Waals surface area (Å²) in [6.07, 6.45) is 4.60. The quantitative estimate of drug-likeness (QED) is 0.753. The molecule has 15 heavy (non-hydrogen) atoms. The first-order valence-corrected chi connectivity index (χ1v) is 6.08. The smallest absolute Gasteiger partial charge is 0.236 e. The van der Waals surface area contributed by atoms with Crippen LogP contribution in [-0.4, -0.2) is 36.0 Å². The maximum atomic E-state index is 11.8. The predicted molar refractivity (Wildman–Crippen MR) is 62.8 cm³/mol. The van der Waals surface area contributed by atoms with E-state index in [1.54, 1.807) is 0 Å². The molecule has 0 aromatic rings. The van der Waals surface area contributed by atoms with Crippen LogP contribution in [0.4, 0.5) is 0 Å². The zero-order valence-corrected chi connectivity index (χ0v) is 10.3. The highest BCUT2D eigenvalue weighted by Gasteiger charge is 2.21. The van der Waals surface area contributed by atoms with Crippen molar-refractivity contribution in [3.63, 3.8) is 0 Å². The molecule has 0 atom stereocenters. The Bertz CT molecular complexity index is 208.